The Labute approximate surface area is 140 Å². The summed E-state index contributed by atoms with van der Waals surface area (Å²) in [6.07, 6.45) is 0. The largest absolute Gasteiger partial charge is 0.316 e. The second-order valence-electron chi connectivity index (χ2n) is 4.37. The van der Waals surface area contributed by atoms with Crippen LogP contribution in [0.15, 0.2) is 22.7 Å². The number of halogens is 4. The molecule has 0 aliphatic heterocycles. The number of alkyl halides is 1. The fourth-order valence-electron chi connectivity index (χ4n) is 2.18. The summed E-state index contributed by atoms with van der Waals surface area (Å²) in [5.74, 6) is -0.149. The second kappa shape index (κ2) is 6.10. The van der Waals surface area contributed by atoms with E-state index in [1.165, 1.54) is 0 Å². The highest BCUT2D eigenvalue weighted by Gasteiger charge is 2.18. The second-order valence-corrected chi connectivity index (χ2v) is 6.25. The molecule has 0 saturated heterocycles. The van der Waals surface area contributed by atoms with Gasteiger partial charge in [-0.15, -0.1) is 11.6 Å². The van der Waals surface area contributed by atoms with Crippen molar-refractivity contribution in [3.8, 4) is 5.69 Å². The molecule has 2 rings (SSSR count). The molecule has 0 N–H and O–H groups in total. The monoisotopic (exact) mass is 393 g/mol. The summed E-state index contributed by atoms with van der Waals surface area (Å²) in [4.78, 5) is 11.8. The van der Waals surface area contributed by atoms with E-state index in [0.29, 0.717) is 15.6 Å². The summed E-state index contributed by atoms with van der Waals surface area (Å²) < 4.78 is 2.63. The molecule has 0 aliphatic rings. The number of ketones is 1. The maximum absolute atomic E-state index is 11.8. The van der Waals surface area contributed by atoms with Crippen LogP contribution in [-0.2, 0) is 0 Å². The van der Waals surface area contributed by atoms with E-state index in [1.807, 2.05) is 36.6 Å². The van der Waals surface area contributed by atoms with Gasteiger partial charge >= 0.3 is 0 Å². The molecule has 1 aromatic carbocycles. The molecule has 0 radical (unpaired) electrons. The number of aromatic nitrogens is 1. The Morgan fingerprint density at radius 2 is 1.90 bits per heavy atom. The third-order valence-electron chi connectivity index (χ3n) is 3.11. The summed E-state index contributed by atoms with van der Waals surface area (Å²) in [5.41, 5.74) is 3.04. The van der Waals surface area contributed by atoms with Crippen LogP contribution < -0.4 is 0 Å². The topological polar surface area (TPSA) is 22.0 Å². The first-order valence-corrected chi connectivity index (χ1v) is 7.88. The molecule has 1 heterocycles. The van der Waals surface area contributed by atoms with Gasteiger partial charge in [-0.2, -0.15) is 0 Å². The normalized spacial score (nSPS) is 10.9. The lowest BCUT2D eigenvalue weighted by molar-refractivity contribution is 0.102. The van der Waals surface area contributed by atoms with Crippen molar-refractivity contribution in [2.75, 3.05) is 5.88 Å². The van der Waals surface area contributed by atoms with Crippen molar-refractivity contribution in [2.45, 2.75) is 13.8 Å². The number of benzene rings is 1. The van der Waals surface area contributed by atoms with E-state index in [9.17, 15) is 4.79 Å². The molecule has 106 valence electrons. The molecule has 0 bridgehead atoms. The van der Waals surface area contributed by atoms with Gasteiger partial charge in [-0.1, -0.05) is 23.2 Å². The van der Waals surface area contributed by atoms with E-state index >= 15 is 0 Å². The molecular weight excluding hydrogens is 384 g/mol. The van der Waals surface area contributed by atoms with E-state index in [2.05, 4.69) is 15.9 Å². The predicted molar refractivity (Wildman–Crippen MR) is 88.0 cm³/mol. The average Bonchev–Trinajstić information content (AvgIpc) is 2.72. The fraction of sp³-hybridized carbons (Fsp3) is 0.214. The van der Waals surface area contributed by atoms with Crippen LogP contribution in [0.3, 0.4) is 0 Å². The average molecular weight is 396 g/mol. The molecule has 6 heteroatoms. The van der Waals surface area contributed by atoms with Gasteiger partial charge in [0.25, 0.3) is 0 Å². The minimum atomic E-state index is -0.106. The van der Waals surface area contributed by atoms with E-state index in [-0.39, 0.29) is 11.7 Å². The Balaban J connectivity index is 2.68. The number of Topliss-reactive ketones (excluding diaryl/α,β-unsaturated/α-hetero) is 1. The number of hydrogen-bond donors (Lipinski definition) is 0. The molecule has 0 fully saturated rings. The van der Waals surface area contributed by atoms with Gasteiger partial charge in [0.1, 0.15) is 0 Å². The van der Waals surface area contributed by atoms with Crippen LogP contribution in [0, 0.1) is 13.8 Å². The van der Waals surface area contributed by atoms with Gasteiger partial charge in [0, 0.05) is 21.4 Å². The third-order valence-corrected chi connectivity index (χ3v) is 5.11. The van der Waals surface area contributed by atoms with Crippen molar-refractivity contribution in [3.63, 3.8) is 0 Å². The predicted octanol–water partition coefficient (Wildman–Crippen LogP) is 5.58. The number of carbonyl (C=O) groups is 1. The highest BCUT2D eigenvalue weighted by Crippen LogP contribution is 2.36. The molecule has 0 atom stereocenters. The molecule has 1 aromatic heterocycles. The Hall–Kier alpha value is -0.480. The maximum Gasteiger partial charge on any atom is 0.179 e. The minimum Gasteiger partial charge on any atom is -0.316 e. The van der Waals surface area contributed by atoms with Crippen molar-refractivity contribution in [2.24, 2.45) is 0 Å². The van der Waals surface area contributed by atoms with Gasteiger partial charge in [0.15, 0.2) is 5.78 Å². The van der Waals surface area contributed by atoms with Crippen LogP contribution in [0.1, 0.15) is 21.7 Å². The zero-order chi connectivity index (χ0) is 15.0. The Bertz CT molecular complexity index is 694. The highest BCUT2D eigenvalue weighted by atomic mass is 79.9. The zero-order valence-electron chi connectivity index (χ0n) is 10.8. The van der Waals surface area contributed by atoms with Crippen molar-refractivity contribution < 1.29 is 4.79 Å². The molecule has 20 heavy (non-hydrogen) atoms. The number of aryl methyl sites for hydroxylation is 1. The smallest absolute Gasteiger partial charge is 0.179 e. The molecule has 2 aromatic rings. The van der Waals surface area contributed by atoms with Gasteiger partial charge < -0.3 is 4.57 Å². The van der Waals surface area contributed by atoms with Crippen LogP contribution in [0.4, 0.5) is 0 Å². The molecule has 0 saturated carbocycles. The number of hydrogen-bond acceptors (Lipinski definition) is 1. The quantitative estimate of drug-likeness (QED) is 0.377. The third kappa shape index (κ3) is 2.64. The van der Waals surface area contributed by atoms with Gasteiger partial charge in [0.05, 0.1) is 21.6 Å². The molecule has 0 aliphatic carbocycles. The van der Waals surface area contributed by atoms with Gasteiger partial charge in [-0.3, -0.25) is 4.79 Å². The van der Waals surface area contributed by atoms with Crippen molar-refractivity contribution in [1.82, 2.24) is 4.57 Å². The number of rotatable bonds is 3. The summed E-state index contributed by atoms with van der Waals surface area (Å²) in [6.45, 7) is 3.77. The zero-order valence-corrected chi connectivity index (χ0v) is 14.7. The van der Waals surface area contributed by atoms with Crippen LogP contribution >= 0.6 is 50.7 Å². The van der Waals surface area contributed by atoms with Crippen molar-refractivity contribution >= 4 is 56.5 Å². The summed E-state index contributed by atoms with van der Waals surface area (Å²) >= 11 is 21.4. The van der Waals surface area contributed by atoms with Crippen LogP contribution in [0.2, 0.25) is 10.0 Å². The number of carbonyl (C=O) groups excluding carboxylic acids is 1. The SMILES string of the molecule is Cc1cc(C(=O)CCl)c(C)n1-c1ccc(Br)c(Cl)c1Cl. The van der Waals surface area contributed by atoms with Crippen LogP contribution in [-0.4, -0.2) is 16.2 Å². The fourth-order valence-corrected chi connectivity index (χ4v) is 3.17. The van der Waals surface area contributed by atoms with Gasteiger partial charge in [-0.25, -0.2) is 0 Å². The molecule has 2 nitrogen and oxygen atoms in total. The Morgan fingerprint density at radius 1 is 1.25 bits per heavy atom. The molecular formula is C14H11BrCl3NO. The summed E-state index contributed by atoms with van der Waals surface area (Å²) in [5, 5.41) is 0.884. The molecule has 0 spiro atoms. The number of nitrogens with zero attached hydrogens (tertiary/aromatic N) is 1. The lowest BCUT2D eigenvalue weighted by atomic mass is 10.2. The highest BCUT2D eigenvalue weighted by molar-refractivity contribution is 9.10. The summed E-state index contributed by atoms with van der Waals surface area (Å²) in [6, 6.07) is 5.49. The molecule has 0 amide bonds. The van der Waals surface area contributed by atoms with Crippen LogP contribution in [0.25, 0.3) is 5.69 Å². The van der Waals surface area contributed by atoms with Gasteiger partial charge in [-0.05, 0) is 48.0 Å². The first-order chi connectivity index (χ1) is 9.38. The standard InChI is InChI=1S/C14H11BrCl3NO/c1-7-5-9(12(20)6-16)8(2)19(7)11-4-3-10(15)13(17)14(11)18/h3-5H,6H2,1-2H3. The van der Waals surface area contributed by atoms with Gasteiger partial charge in [0.2, 0.25) is 0 Å². The van der Waals surface area contributed by atoms with E-state index in [1.54, 1.807) is 0 Å². The Kier molecular flexibility index (Phi) is 4.85. The maximum atomic E-state index is 11.8. The van der Waals surface area contributed by atoms with E-state index in [4.69, 9.17) is 34.8 Å². The summed E-state index contributed by atoms with van der Waals surface area (Å²) in [7, 11) is 0. The first-order valence-electron chi connectivity index (χ1n) is 5.80. The Morgan fingerprint density at radius 3 is 2.50 bits per heavy atom. The van der Waals surface area contributed by atoms with Crippen LogP contribution in [0.5, 0.6) is 0 Å². The first kappa shape index (κ1) is 15.9. The minimum absolute atomic E-state index is 0.0425. The lowest BCUT2D eigenvalue weighted by Gasteiger charge is -2.13. The van der Waals surface area contributed by atoms with Crippen molar-refractivity contribution in [1.29, 1.82) is 0 Å². The van der Waals surface area contributed by atoms with E-state index in [0.717, 1.165) is 21.5 Å². The van der Waals surface area contributed by atoms with E-state index < -0.39 is 0 Å². The molecule has 0 unspecified atom stereocenters. The van der Waals surface area contributed by atoms with Crippen molar-refractivity contribution in [3.05, 3.63) is 49.7 Å². The lowest BCUT2D eigenvalue weighted by Crippen LogP contribution is -2.04.